The molecule has 0 amide bonds. The number of fused-ring (bicyclic) bond motifs is 3. The van der Waals surface area contributed by atoms with Crippen molar-refractivity contribution in [2.24, 2.45) is 10.9 Å². The largest absolute Gasteiger partial charge is 0.472 e. The molecule has 0 spiro atoms. The molecule has 3 saturated heterocycles. The molecule has 35 heavy (non-hydrogen) atoms. The minimum Gasteiger partial charge on any atom is -0.472 e. The van der Waals surface area contributed by atoms with Gasteiger partial charge in [-0.15, -0.1) is 10.2 Å². The molecule has 0 N–H and O–H groups in total. The summed E-state index contributed by atoms with van der Waals surface area (Å²) in [5, 5.41) is 8.80. The van der Waals surface area contributed by atoms with Gasteiger partial charge in [-0.3, -0.25) is 4.90 Å². The van der Waals surface area contributed by atoms with Gasteiger partial charge in [0, 0.05) is 29.3 Å². The lowest BCUT2D eigenvalue weighted by atomic mass is 9.86. The number of hydrogen-bond donors (Lipinski definition) is 0. The Bertz CT molecular complexity index is 1240. The van der Waals surface area contributed by atoms with Gasteiger partial charge < -0.3 is 4.74 Å². The van der Waals surface area contributed by atoms with Gasteiger partial charge >= 0.3 is 0 Å². The number of benzene rings is 3. The second-order valence-corrected chi connectivity index (χ2v) is 9.29. The zero-order chi connectivity index (χ0) is 23.5. The monoisotopic (exact) mass is 460 g/mol. The predicted molar refractivity (Wildman–Crippen MR) is 139 cm³/mol. The Morgan fingerprint density at radius 2 is 1.40 bits per heavy atom. The van der Waals surface area contributed by atoms with E-state index in [1.54, 1.807) is 0 Å². The highest BCUT2D eigenvalue weighted by molar-refractivity contribution is 6.13. The van der Waals surface area contributed by atoms with E-state index in [0.717, 1.165) is 40.3 Å². The standard InChI is InChI=1S/C30H28N4O/c1-3-7-24(8-4-1)30(25-9-5-2-6-10-25)31-26-13-11-22(12-14-26)27-15-16-29(33-32-27)35-28-21-34-19-17-23(28)18-20-34/h1-16,23,28H,17-21H2/t28-/m0/s1. The zero-order valence-electron chi connectivity index (χ0n) is 19.6. The van der Waals surface area contributed by atoms with Gasteiger partial charge in [0.2, 0.25) is 5.88 Å². The van der Waals surface area contributed by atoms with Gasteiger partial charge in [0.25, 0.3) is 0 Å². The number of nitrogens with zero attached hydrogens (tertiary/aromatic N) is 4. The van der Waals surface area contributed by atoms with E-state index in [4.69, 9.17) is 9.73 Å². The molecule has 4 aromatic rings. The predicted octanol–water partition coefficient (Wildman–Crippen LogP) is 5.79. The first-order valence-corrected chi connectivity index (χ1v) is 12.3. The third kappa shape index (κ3) is 4.86. The van der Waals surface area contributed by atoms with Crippen LogP contribution in [-0.4, -0.2) is 46.5 Å². The molecule has 1 atom stereocenters. The third-order valence-corrected chi connectivity index (χ3v) is 7.01. The van der Waals surface area contributed by atoms with Gasteiger partial charge in [-0.05, 0) is 50.0 Å². The van der Waals surface area contributed by atoms with E-state index < -0.39 is 0 Å². The number of hydrogen-bond acceptors (Lipinski definition) is 5. The fraction of sp³-hybridized carbons (Fsp3) is 0.233. The molecule has 2 bridgehead atoms. The average molecular weight is 461 g/mol. The molecule has 1 aromatic heterocycles. The number of ether oxygens (including phenoxy) is 1. The zero-order valence-corrected chi connectivity index (χ0v) is 19.6. The summed E-state index contributed by atoms with van der Waals surface area (Å²) in [6.07, 6.45) is 2.68. The summed E-state index contributed by atoms with van der Waals surface area (Å²) in [4.78, 5) is 7.47. The van der Waals surface area contributed by atoms with Crippen LogP contribution < -0.4 is 4.74 Å². The van der Waals surface area contributed by atoms with Gasteiger partial charge in [-0.2, -0.15) is 0 Å². The molecule has 0 unspecified atom stereocenters. The van der Waals surface area contributed by atoms with E-state index >= 15 is 0 Å². The van der Waals surface area contributed by atoms with Crippen molar-refractivity contribution in [2.75, 3.05) is 19.6 Å². The minimum atomic E-state index is 0.234. The summed E-state index contributed by atoms with van der Waals surface area (Å²) in [6.45, 7) is 3.41. The Kier molecular flexibility index (Phi) is 6.07. The molecular formula is C30H28N4O. The Morgan fingerprint density at radius 1 is 0.743 bits per heavy atom. The van der Waals surface area contributed by atoms with Crippen LogP contribution in [0.2, 0.25) is 0 Å². The minimum absolute atomic E-state index is 0.234. The fourth-order valence-corrected chi connectivity index (χ4v) is 5.06. The van der Waals surface area contributed by atoms with E-state index in [9.17, 15) is 0 Å². The number of aromatic nitrogens is 2. The normalized spacial score (nSPS) is 20.9. The molecule has 0 aliphatic carbocycles. The summed E-state index contributed by atoms with van der Waals surface area (Å²) < 4.78 is 6.19. The number of piperidine rings is 3. The average Bonchev–Trinajstić information content (AvgIpc) is 2.94. The van der Waals surface area contributed by atoms with Crippen molar-refractivity contribution in [3.8, 4) is 17.1 Å². The first-order valence-electron chi connectivity index (χ1n) is 12.3. The molecule has 3 aromatic carbocycles. The molecule has 174 valence electrons. The Hall–Kier alpha value is -3.83. The van der Waals surface area contributed by atoms with E-state index in [-0.39, 0.29) is 6.10 Å². The maximum atomic E-state index is 6.19. The smallest absolute Gasteiger partial charge is 0.233 e. The molecular weight excluding hydrogens is 432 g/mol. The molecule has 4 heterocycles. The third-order valence-electron chi connectivity index (χ3n) is 7.01. The van der Waals surface area contributed by atoms with E-state index in [0.29, 0.717) is 11.8 Å². The van der Waals surface area contributed by atoms with Crippen LogP contribution in [0.25, 0.3) is 11.3 Å². The highest BCUT2D eigenvalue weighted by atomic mass is 16.5. The second kappa shape index (κ2) is 9.80. The summed E-state index contributed by atoms with van der Waals surface area (Å²) in [7, 11) is 0. The summed E-state index contributed by atoms with van der Waals surface area (Å²) in [5.74, 6) is 1.26. The van der Waals surface area contributed by atoms with E-state index in [1.165, 1.54) is 25.9 Å². The molecule has 5 nitrogen and oxygen atoms in total. The van der Waals surface area contributed by atoms with Crippen LogP contribution in [0.5, 0.6) is 5.88 Å². The van der Waals surface area contributed by atoms with Gasteiger partial charge in [0.05, 0.1) is 17.1 Å². The van der Waals surface area contributed by atoms with Crippen molar-refractivity contribution < 1.29 is 4.74 Å². The lowest BCUT2D eigenvalue weighted by molar-refractivity contribution is -0.0103. The van der Waals surface area contributed by atoms with Crippen molar-refractivity contribution in [3.63, 3.8) is 0 Å². The van der Waals surface area contributed by atoms with Crippen molar-refractivity contribution in [1.29, 1.82) is 0 Å². The van der Waals surface area contributed by atoms with Gasteiger partial charge in [-0.25, -0.2) is 4.99 Å². The van der Waals surface area contributed by atoms with Gasteiger partial charge in [0.1, 0.15) is 6.10 Å². The molecule has 3 aliphatic heterocycles. The first kappa shape index (κ1) is 21.7. The van der Waals surface area contributed by atoms with Crippen LogP contribution in [0.4, 0.5) is 5.69 Å². The first-order chi connectivity index (χ1) is 17.3. The van der Waals surface area contributed by atoms with Crippen LogP contribution in [0.15, 0.2) is 102 Å². The lowest BCUT2D eigenvalue weighted by Gasteiger charge is -2.44. The Labute approximate surface area is 206 Å². The summed E-state index contributed by atoms with van der Waals surface area (Å²) in [5.41, 5.74) is 5.86. The van der Waals surface area contributed by atoms with Crippen LogP contribution in [0.3, 0.4) is 0 Å². The quantitative estimate of drug-likeness (QED) is 0.342. The highest BCUT2D eigenvalue weighted by Crippen LogP contribution is 2.30. The molecule has 0 radical (unpaired) electrons. The topological polar surface area (TPSA) is 50.6 Å². The lowest BCUT2D eigenvalue weighted by Crippen LogP contribution is -2.52. The van der Waals surface area contributed by atoms with Gasteiger partial charge in [0.15, 0.2) is 0 Å². The van der Waals surface area contributed by atoms with Crippen LogP contribution in [0, 0.1) is 5.92 Å². The second-order valence-electron chi connectivity index (χ2n) is 9.29. The Morgan fingerprint density at radius 3 is 1.94 bits per heavy atom. The van der Waals surface area contributed by atoms with Crippen molar-refractivity contribution in [2.45, 2.75) is 18.9 Å². The van der Waals surface area contributed by atoms with Crippen LogP contribution in [-0.2, 0) is 0 Å². The van der Waals surface area contributed by atoms with E-state index in [2.05, 4.69) is 39.4 Å². The maximum Gasteiger partial charge on any atom is 0.233 e. The maximum absolute atomic E-state index is 6.19. The van der Waals surface area contributed by atoms with Crippen molar-refractivity contribution >= 4 is 11.4 Å². The van der Waals surface area contributed by atoms with Gasteiger partial charge in [-0.1, -0.05) is 72.8 Å². The SMILES string of the molecule is c1ccc(C(=Nc2ccc(-c3ccc(O[C@H]4CN5CCC4CC5)nn3)cc2)c2ccccc2)cc1. The highest BCUT2D eigenvalue weighted by Gasteiger charge is 2.35. The molecule has 7 rings (SSSR count). The molecule has 3 fully saturated rings. The summed E-state index contributed by atoms with van der Waals surface area (Å²) >= 11 is 0. The van der Waals surface area contributed by atoms with Crippen molar-refractivity contribution in [1.82, 2.24) is 15.1 Å². The van der Waals surface area contributed by atoms with Crippen LogP contribution >= 0.6 is 0 Å². The number of aliphatic imine (C=N–C) groups is 1. The number of rotatable bonds is 6. The molecule has 3 aliphatic rings. The summed E-state index contributed by atoms with van der Waals surface area (Å²) in [6, 6.07) is 32.7. The van der Waals surface area contributed by atoms with Crippen molar-refractivity contribution in [3.05, 3.63) is 108 Å². The fourth-order valence-electron chi connectivity index (χ4n) is 5.06. The van der Waals surface area contributed by atoms with E-state index in [1.807, 2.05) is 72.8 Å². The molecule has 5 heteroatoms. The van der Waals surface area contributed by atoms with Crippen LogP contribution in [0.1, 0.15) is 24.0 Å². The Balaban J connectivity index is 1.20. The molecule has 0 saturated carbocycles.